The number of sulfonamides is 1. The van der Waals surface area contributed by atoms with E-state index in [1.165, 1.54) is 6.07 Å². The number of imidazole rings is 1. The Morgan fingerprint density at radius 2 is 2.14 bits per heavy atom. The molecule has 1 atom stereocenters. The van der Waals surface area contributed by atoms with Gasteiger partial charge in [0.25, 0.3) is 0 Å². The second-order valence-electron chi connectivity index (χ2n) is 5.04. The highest BCUT2D eigenvalue weighted by Crippen LogP contribution is 2.26. The van der Waals surface area contributed by atoms with E-state index in [4.69, 9.17) is 10.9 Å². The van der Waals surface area contributed by atoms with Gasteiger partial charge in [0.2, 0.25) is 10.0 Å². The number of primary sulfonamides is 1. The van der Waals surface area contributed by atoms with Crippen molar-refractivity contribution in [1.82, 2.24) is 9.55 Å². The van der Waals surface area contributed by atoms with Crippen molar-refractivity contribution in [2.75, 3.05) is 11.1 Å². The molecule has 114 valence electrons. The largest absolute Gasteiger partial charge is 0.399 e. The molecule has 0 saturated carbocycles. The highest BCUT2D eigenvalue weighted by atomic mass is 32.2. The van der Waals surface area contributed by atoms with Crippen molar-refractivity contribution in [2.24, 2.45) is 5.14 Å². The SMILES string of the molecule is Cc1c(NC(C)Cn2ccnc2)cc(N)cc1S(N)(=O)=O. The van der Waals surface area contributed by atoms with Gasteiger partial charge in [0.1, 0.15) is 0 Å². The van der Waals surface area contributed by atoms with Gasteiger partial charge in [0, 0.05) is 36.4 Å². The Morgan fingerprint density at radius 3 is 2.71 bits per heavy atom. The Morgan fingerprint density at radius 1 is 1.43 bits per heavy atom. The summed E-state index contributed by atoms with van der Waals surface area (Å²) in [5.41, 5.74) is 7.33. The van der Waals surface area contributed by atoms with Crippen molar-refractivity contribution in [3.05, 3.63) is 36.4 Å². The minimum atomic E-state index is -3.80. The molecule has 2 aromatic rings. The highest BCUT2D eigenvalue weighted by molar-refractivity contribution is 7.89. The first-order valence-electron chi connectivity index (χ1n) is 6.42. The molecule has 21 heavy (non-hydrogen) atoms. The zero-order valence-corrected chi connectivity index (χ0v) is 12.8. The summed E-state index contributed by atoms with van der Waals surface area (Å²) in [5, 5.41) is 8.47. The van der Waals surface area contributed by atoms with Gasteiger partial charge in [0.15, 0.2) is 0 Å². The van der Waals surface area contributed by atoms with Crippen molar-refractivity contribution in [3.63, 3.8) is 0 Å². The highest BCUT2D eigenvalue weighted by Gasteiger charge is 2.16. The zero-order valence-electron chi connectivity index (χ0n) is 11.9. The van der Waals surface area contributed by atoms with Gasteiger partial charge in [0.05, 0.1) is 11.2 Å². The lowest BCUT2D eigenvalue weighted by Gasteiger charge is -2.19. The maximum atomic E-state index is 11.6. The molecule has 0 aliphatic carbocycles. The van der Waals surface area contributed by atoms with E-state index < -0.39 is 10.0 Å². The molecule has 0 radical (unpaired) electrons. The average Bonchev–Trinajstić information content (AvgIpc) is 2.84. The molecular weight excluding hydrogens is 290 g/mol. The number of hydrogen-bond donors (Lipinski definition) is 3. The van der Waals surface area contributed by atoms with Crippen LogP contribution >= 0.6 is 0 Å². The predicted molar refractivity (Wildman–Crippen MR) is 82.3 cm³/mol. The number of benzene rings is 1. The minimum absolute atomic E-state index is 0.0415. The summed E-state index contributed by atoms with van der Waals surface area (Å²) < 4.78 is 25.1. The van der Waals surface area contributed by atoms with Crippen LogP contribution in [-0.2, 0) is 16.6 Å². The van der Waals surface area contributed by atoms with Gasteiger partial charge >= 0.3 is 0 Å². The maximum Gasteiger partial charge on any atom is 0.238 e. The van der Waals surface area contributed by atoms with Gasteiger partial charge in [-0.15, -0.1) is 0 Å². The summed E-state index contributed by atoms with van der Waals surface area (Å²) in [6, 6.07) is 3.14. The Kier molecular flexibility index (Phi) is 4.19. The number of nitrogens with two attached hydrogens (primary N) is 2. The second kappa shape index (κ2) is 5.74. The Balaban J connectivity index is 2.26. The lowest BCUT2D eigenvalue weighted by molar-refractivity contribution is 0.597. The van der Waals surface area contributed by atoms with Crippen molar-refractivity contribution in [2.45, 2.75) is 31.3 Å². The molecule has 0 bridgehead atoms. The van der Waals surface area contributed by atoms with E-state index >= 15 is 0 Å². The lowest BCUT2D eigenvalue weighted by atomic mass is 10.1. The van der Waals surface area contributed by atoms with E-state index in [1.807, 2.05) is 17.7 Å². The third-order valence-corrected chi connectivity index (χ3v) is 4.17. The molecule has 0 aliphatic rings. The lowest BCUT2D eigenvalue weighted by Crippen LogP contribution is -2.23. The van der Waals surface area contributed by atoms with Gasteiger partial charge in [-0.25, -0.2) is 18.5 Å². The predicted octanol–water partition coefficient (Wildman–Crippen LogP) is 0.922. The van der Waals surface area contributed by atoms with Gasteiger partial charge < -0.3 is 15.6 Å². The first kappa shape index (κ1) is 15.3. The number of nitrogens with one attached hydrogen (secondary N) is 1. The summed E-state index contributed by atoms with van der Waals surface area (Å²) in [6.07, 6.45) is 5.29. The number of nitrogens with zero attached hydrogens (tertiary/aromatic N) is 2. The van der Waals surface area contributed by atoms with Crippen LogP contribution in [0, 0.1) is 6.92 Å². The number of nitrogen functional groups attached to an aromatic ring is 1. The van der Waals surface area contributed by atoms with Gasteiger partial charge in [-0.3, -0.25) is 0 Å². The molecule has 0 amide bonds. The van der Waals surface area contributed by atoms with E-state index in [0.717, 1.165) is 0 Å². The van der Waals surface area contributed by atoms with Crippen molar-refractivity contribution >= 4 is 21.4 Å². The molecule has 5 N–H and O–H groups in total. The van der Waals surface area contributed by atoms with Crippen LogP contribution < -0.4 is 16.2 Å². The normalized spacial score (nSPS) is 13.1. The number of anilines is 2. The molecule has 2 rings (SSSR count). The third-order valence-electron chi connectivity index (χ3n) is 3.13. The van der Waals surface area contributed by atoms with Crippen LogP contribution in [0.4, 0.5) is 11.4 Å². The van der Waals surface area contributed by atoms with E-state index in [1.54, 1.807) is 25.5 Å². The van der Waals surface area contributed by atoms with Gasteiger partial charge in [-0.1, -0.05) is 0 Å². The summed E-state index contributed by atoms with van der Waals surface area (Å²) in [5.74, 6) is 0. The topological polar surface area (TPSA) is 116 Å². The smallest absolute Gasteiger partial charge is 0.238 e. The fraction of sp³-hybridized carbons (Fsp3) is 0.308. The monoisotopic (exact) mass is 309 g/mol. The zero-order chi connectivity index (χ0) is 15.6. The van der Waals surface area contributed by atoms with Crippen LogP contribution in [0.3, 0.4) is 0 Å². The minimum Gasteiger partial charge on any atom is -0.399 e. The molecule has 8 heteroatoms. The standard InChI is InChI=1S/C13H19N5O2S/c1-9(7-18-4-3-16-8-18)17-12-5-11(14)6-13(10(12)2)21(15,19)20/h3-6,8-9,17H,7,14H2,1-2H3,(H2,15,19,20). The Hall–Kier alpha value is -2.06. The van der Waals surface area contributed by atoms with Crippen molar-refractivity contribution in [1.29, 1.82) is 0 Å². The van der Waals surface area contributed by atoms with Crippen molar-refractivity contribution < 1.29 is 8.42 Å². The number of rotatable bonds is 5. The maximum absolute atomic E-state index is 11.6. The molecule has 0 aliphatic heterocycles. The molecule has 1 unspecified atom stereocenters. The van der Waals surface area contributed by atoms with Crippen molar-refractivity contribution in [3.8, 4) is 0 Å². The van der Waals surface area contributed by atoms with Crippen LogP contribution in [0.1, 0.15) is 12.5 Å². The quantitative estimate of drug-likeness (QED) is 0.710. The summed E-state index contributed by atoms with van der Waals surface area (Å²) in [6.45, 7) is 4.38. The van der Waals surface area contributed by atoms with Crippen LogP contribution in [0.15, 0.2) is 35.7 Å². The second-order valence-corrected chi connectivity index (χ2v) is 6.57. The molecule has 1 aromatic carbocycles. The van der Waals surface area contributed by atoms with E-state index in [2.05, 4.69) is 10.3 Å². The number of hydrogen-bond acceptors (Lipinski definition) is 5. The molecule has 1 aromatic heterocycles. The van der Waals surface area contributed by atoms with E-state index in [9.17, 15) is 8.42 Å². The fourth-order valence-electron chi connectivity index (χ4n) is 2.18. The molecule has 7 nitrogen and oxygen atoms in total. The number of aromatic nitrogens is 2. The third kappa shape index (κ3) is 3.73. The molecule has 0 spiro atoms. The van der Waals surface area contributed by atoms with E-state index in [-0.39, 0.29) is 10.9 Å². The van der Waals surface area contributed by atoms with Crippen LogP contribution in [0.25, 0.3) is 0 Å². The molecule has 0 fully saturated rings. The Bertz CT molecular complexity index is 725. The first-order valence-corrected chi connectivity index (χ1v) is 7.97. The first-order chi connectivity index (χ1) is 9.77. The fourth-order valence-corrected chi connectivity index (χ4v) is 3.01. The summed E-state index contributed by atoms with van der Waals surface area (Å²) in [4.78, 5) is 4.02. The van der Waals surface area contributed by atoms with Gasteiger partial charge in [-0.05, 0) is 31.5 Å². The Labute approximate surface area is 124 Å². The summed E-state index contributed by atoms with van der Waals surface area (Å²) >= 11 is 0. The van der Waals surface area contributed by atoms with Crippen LogP contribution in [0.5, 0.6) is 0 Å². The molecule has 0 saturated heterocycles. The van der Waals surface area contributed by atoms with E-state index in [0.29, 0.717) is 23.5 Å². The average molecular weight is 309 g/mol. The van der Waals surface area contributed by atoms with Gasteiger partial charge in [-0.2, -0.15) is 0 Å². The van der Waals surface area contributed by atoms with Crippen LogP contribution in [0.2, 0.25) is 0 Å². The van der Waals surface area contributed by atoms with Crippen LogP contribution in [-0.4, -0.2) is 24.0 Å². The summed E-state index contributed by atoms with van der Waals surface area (Å²) in [7, 11) is -3.80. The molecule has 1 heterocycles. The molecular formula is C13H19N5O2S.